The average Bonchev–Trinajstić information content (AvgIpc) is 3.11. The van der Waals surface area contributed by atoms with Gasteiger partial charge in [0.25, 0.3) is 0 Å². The highest BCUT2D eigenvalue weighted by molar-refractivity contribution is 5.78. The van der Waals surface area contributed by atoms with Gasteiger partial charge in [-0.05, 0) is 54.8 Å². The SMILES string of the molecule is C=CCO[C@@H]1[C@@H](NC(=O)COC)c2ccccc2C12CCN(Cc1cccc(OCCO)c1)CC2. The summed E-state index contributed by atoms with van der Waals surface area (Å²) in [6, 6.07) is 16.2. The zero-order valence-electron chi connectivity index (χ0n) is 20.4. The summed E-state index contributed by atoms with van der Waals surface area (Å²) < 4.78 is 17.0. The molecular formula is C28H36N2O5. The topological polar surface area (TPSA) is 80.3 Å². The highest BCUT2D eigenvalue weighted by Crippen LogP contribution is 2.52. The summed E-state index contributed by atoms with van der Waals surface area (Å²) in [7, 11) is 1.53. The normalized spacial score (nSPS) is 21.0. The van der Waals surface area contributed by atoms with Gasteiger partial charge in [-0.2, -0.15) is 0 Å². The molecule has 2 N–H and O–H groups in total. The number of benzene rings is 2. The molecule has 0 radical (unpaired) electrons. The number of ether oxygens (including phenoxy) is 3. The number of likely N-dealkylation sites (tertiary alicyclic amines) is 1. The maximum Gasteiger partial charge on any atom is 0.246 e. The Labute approximate surface area is 207 Å². The predicted octanol–water partition coefficient (Wildman–Crippen LogP) is 2.98. The van der Waals surface area contributed by atoms with E-state index < -0.39 is 0 Å². The molecule has 7 heteroatoms. The summed E-state index contributed by atoms with van der Waals surface area (Å²) in [5.74, 6) is 0.638. The molecule has 1 spiro atoms. The van der Waals surface area contributed by atoms with E-state index in [1.165, 1.54) is 18.2 Å². The highest BCUT2D eigenvalue weighted by atomic mass is 16.5. The lowest BCUT2D eigenvalue weighted by Gasteiger charge is -2.44. The van der Waals surface area contributed by atoms with Gasteiger partial charge in [-0.1, -0.05) is 42.5 Å². The molecule has 0 aromatic heterocycles. The minimum Gasteiger partial charge on any atom is -0.491 e. The van der Waals surface area contributed by atoms with Crippen molar-refractivity contribution in [3.63, 3.8) is 0 Å². The number of carbonyl (C=O) groups excluding carboxylic acids is 1. The van der Waals surface area contributed by atoms with Crippen LogP contribution in [0.25, 0.3) is 0 Å². The van der Waals surface area contributed by atoms with Gasteiger partial charge in [0.2, 0.25) is 5.91 Å². The molecule has 2 aromatic rings. The number of hydrogen-bond acceptors (Lipinski definition) is 6. The smallest absolute Gasteiger partial charge is 0.246 e. The first-order valence-electron chi connectivity index (χ1n) is 12.3. The molecule has 7 nitrogen and oxygen atoms in total. The molecule has 4 rings (SSSR count). The van der Waals surface area contributed by atoms with E-state index in [4.69, 9.17) is 19.3 Å². The van der Waals surface area contributed by atoms with E-state index in [0.29, 0.717) is 13.2 Å². The number of nitrogens with zero attached hydrogens (tertiary/aromatic N) is 1. The molecule has 1 heterocycles. The Morgan fingerprint density at radius 2 is 2.03 bits per heavy atom. The third-order valence-electron chi connectivity index (χ3n) is 7.08. The fourth-order valence-electron chi connectivity index (χ4n) is 5.60. The first-order valence-corrected chi connectivity index (χ1v) is 12.3. The van der Waals surface area contributed by atoms with Gasteiger partial charge < -0.3 is 24.6 Å². The predicted molar refractivity (Wildman–Crippen MR) is 134 cm³/mol. The number of methoxy groups -OCH3 is 1. The lowest BCUT2D eigenvalue weighted by Crippen LogP contribution is -2.51. The van der Waals surface area contributed by atoms with Gasteiger partial charge in [0.15, 0.2) is 0 Å². The van der Waals surface area contributed by atoms with Gasteiger partial charge in [-0.15, -0.1) is 6.58 Å². The van der Waals surface area contributed by atoms with Crippen LogP contribution < -0.4 is 10.1 Å². The van der Waals surface area contributed by atoms with Crippen LogP contribution in [0.4, 0.5) is 0 Å². The van der Waals surface area contributed by atoms with E-state index >= 15 is 0 Å². The maximum absolute atomic E-state index is 12.5. The summed E-state index contributed by atoms with van der Waals surface area (Å²) in [5.41, 5.74) is 3.42. The van der Waals surface area contributed by atoms with Gasteiger partial charge in [0.05, 0.1) is 25.4 Å². The molecule has 0 saturated carbocycles. The molecule has 188 valence electrons. The monoisotopic (exact) mass is 480 g/mol. The zero-order chi connectivity index (χ0) is 24.7. The van der Waals surface area contributed by atoms with E-state index in [-0.39, 0.29) is 36.7 Å². The van der Waals surface area contributed by atoms with Gasteiger partial charge >= 0.3 is 0 Å². The van der Waals surface area contributed by atoms with Crippen LogP contribution in [-0.4, -0.2) is 68.6 Å². The summed E-state index contributed by atoms with van der Waals surface area (Å²) >= 11 is 0. The minimum atomic E-state index is -0.222. The number of hydrogen-bond donors (Lipinski definition) is 2. The van der Waals surface area contributed by atoms with Gasteiger partial charge in [-0.25, -0.2) is 0 Å². The van der Waals surface area contributed by atoms with E-state index in [1.807, 2.05) is 24.3 Å². The van der Waals surface area contributed by atoms with Crippen LogP contribution in [0.5, 0.6) is 5.75 Å². The number of fused-ring (bicyclic) bond motifs is 2. The van der Waals surface area contributed by atoms with E-state index in [0.717, 1.165) is 43.8 Å². The number of amides is 1. The molecule has 0 bridgehead atoms. The fourth-order valence-corrected chi connectivity index (χ4v) is 5.60. The Kier molecular flexibility index (Phi) is 8.57. The molecule has 2 aromatic carbocycles. The molecule has 1 fully saturated rings. The Morgan fingerprint density at radius 3 is 2.77 bits per heavy atom. The van der Waals surface area contributed by atoms with Crippen molar-refractivity contribution in [1.82, 2.24) is 10.2 Å². The van der Waals surface area contributed by atoms with Gasteiger partial charge in [0, 0.05) is 19.1 Å². The molecule has 2 atom stereocenters. The molecule has 1 saturated heterocycles. The van der Waals surface area contributed by atoms with Crippen LogP contribution in [0.3, 0.4) is 0 Å². The molecule has 1 aliphatic carbocycles. The van der Waals surface area contributed by atoms with Crippen molar-refractivity contribution < 1.29 is 24.1 Å². The number of piperidine rings is 1. The summed E-state index contributed by atoms with van der Waals surface area (Å²) in [6.07, 6.45) is 3.47. The number of aliphatic hydroxyl groups is 1. The Bertz CT molecular complexity index is 1000. The molecule has 0 unspecified atom stereocenters. The number of aliphatic hydroxyl groups excluding tert-OH is 1. The van der Waals surface area contributed by atoms with Crippen molar-refractivity contribution >= 4 is 5.91 Å². The van der Waals surface area contributed by atoms with E-state index in [2.05, 4.69) is 41.1 Å². The Hall–Kier alpha value is -2.71. The van der Waals surface area contributed by atoms with Crippen molar-refractivity contribution in [2.24, 2.45) is 0 Å². The zero-order valence-corrected chi connectivity index (χ0v) is 20.4. The molecule has 2 aliphatic rings. The van der Waals surface area contributed by atoms with Crippen LogP contribution in [0.2, 0.25) is 0 Å². The largest absolute Gasteiger partial charge is 0.491 e. The van der Waals surface area contributed by atoms with Crippen LogP contribution in [0, 0.1) is 0 Å². The molecular weight excluding hydrogens is 444 g/mol. The Morgan fingerprint density at radius 1 is 1.23 bits per heavy atom. The van der Waals surface area contributed by atoms with Crippen molar-refractivity contribution in [1.29, 1.82) is 0 Å². The summed E-state index contributed by atoms with van der Waals surface area (Å²) in [5, 5.41) is 12.2. The fraction of sp³-hybridized carbons (Fsp3) is 0.464. The maximum atomic E-state index is 12.5. The Balaban J connectivity index is 1.52. The van der Waals surface area contributed by atoms with E-state index in [1.54, 1.807) is 6.08 Å². The van der Waals surface area contributed by atoms with Crippen molar-refractivity contribution in [3.05, 3.63) is 77.9 Å². The summed E-state index contributed by atoms with van der Waals surface area (Å²) in [4.78, 5) is 15.0. The van der Waals surface area contributed by atoms with E-state index in [9.17, 15) is 4.79 Å². The number of nitrogens with one attached hydrogen (secondary N) is 1. The quantitative estimate of drug-likeness (QED) is 0.482. The van der Waals surface area contributed by atoms with Crippen molar-refractivity contribution in [2.75, 3.05) is 46.6 Å². The third-order valence-corrected chi connectivity index (χ3v) is 7.08. The minimum absolute atomic E-state index is 0.00190. The van der Waals surface area contributed by atoms with Crippen LogP contribution >= 0.6 is 0 Å². The van der Waals surface area contributed by atoms with Crippen LogP contribution in [-0.2, 0) is 26.2 Å². The van der Waals surface area contributed by atoms with Crippen molar-refractivity contribution in [2.45, 2.75) is 36.9 Å². The second-order valence-corrected chi connectivity index (χ2v) is 9.26. The number of rotatable bonds is 11. The highest BCUT2D eigenvalue weighted by Gasteiger charge is 2.54. The molecule has 35 heavy (non-hydrogen) atoms. The number of carbonyl (C=O) groups is 1. The van der Waals surface area contributed by atoms with Crippen LogP contribution in [0.15, 0.2) is 61.2 Å². The third kappa shape index (κ3) is 5.59. The standard InChI is InChI=1S/C28H36N2O5/c1-3-16-35-27-26(29-25(32)20-33-2)23-9-4-5-10-24(23)28(27)11-13-30(14-12-28)19-21-7-6-8-22(18-21)34-17-15-31/h3-10,18,26-27,31H,1,11-17,19-20H2,2H3,(H,29,32)/t26-,27+/m0/s1. The first kappa shape index (κ1) is 25.4. The summed E-state index contributed by atoms with van der Waals surface area (Å²) in [6.45, 7) is 7.26. The van der Waals surface area contributed by atoms with Crippen molar-refractivity contribution in [3.8, 4) is 5.75 Å². The lowest BCUT2D eigenvalue weighted by molar-refractivity contribution is -0.127. The average molecular weight is 481 g/mol. The molecule has 1 amide bonds. The second-order valence-electron chi connectivity index (χ2n) is 9.26. The van der Waals surface area contributed by atoms with Gasteiger partial charge in [0.1, 0.15) is 19.0 Å². The first-order chi connectivity index (χ1) is 17.1. The second kappa shape index (κ2) is 11.8. The lowest BCUT2D eigenvalue weighted by atomic mass is 9.71. The molecule has 1 aliphatic heterocycles. The van der Waals surface area contributed by atoms with Crippen LogP contribution in [0.1, 0.15) is 35.6 Å². The van der Waals surface area contributed by atoms with Gasteiger partial charge in [-0.3, -0.25) is 9.69 Å².